The van der Waals surface area contributed by atoms with Crippen LogP contribution in [-0.4, -0.2) is 29.5 Å². The Balaban J connectivity index is 1.36. The summed E-state index contributed by atoms with van der Waals surface area (Å²) in [6.07, 6.45) is 15.8. The van der Waals surface area contributed by atoms with Gasteiger partial charge in [0.2, 0.25) is 0 Å². The molecule has 4 fully saturated rings. The van der Waals surface area contributed by atoms with Crippen molar-refractivity contribution in [3.63, 3.8) is 0 Å². The van der Waals surface area contributed by atoms with E-state index in [0.29, 0.717) is 42.4 Å². The summed E-state index contributed by atoms with van der Waals surface area (Å²) in [5.41, 5.74) is 1.78. The van der Waals surface area contributed by atoms with Crippen LogP contribution in [0, 0.1) is 59.7 Å². The zero-order chi connectivity index (χ0) is 28.3. The minimum absolute atomic E-state index is 0.237. The third-order valence-corrected chi connectivity index (χ3v) is 12.0. The second kappa shape index (κ2) is 14.0. The molecule has 3 heteroatoms. The van der Waals surface area contributed by atoms with Gasteiger partial charge < -0.3 is 21.4 Å². The highest BCUT2D eigenvalue weighted by molar-refractivity contribution is 5.23. The molecule has 3 nitrogen and oxygen atoms in total. The number of hydrogen-bond donors (Lipinski definition) is 1. The van der Waals surface area contributed by atoms with E-state index >= 15 is 0 Å². The van der Waals surface area contributed by atoms with Crippen LogP contribution in [-0.2, 0) is 4.74 Å². The zero-order valence-electron chi connectivity index (χ0n) is 26.0. The van der Waals surface area contributed by atoms with Crippen molar-refractivity contribution in [1.82, 2.24) is 0 Å². The van der Waals surface area contributed by atoms with Crippen molar-refractivity contribution in [1.29, 1.82) is 0 Å². The topological polar surface area (TPSA) is 52.5 Å². The van der Waals surface area contributed by atoms with Gasteiger partial charge in [0.05, 0.1) is 12.2 Å². The number of ether oxygens (including phenoxy) is 1. The fourth-order valence-electron chi connectivity index (χ4n) is 9.10. The Morgan fingerprint density at radius 3 is 2.59 bits per heavy atom. The first-order valence-electron chi connectivity index (χ1n) is 16.8. The maximum atomic E-state index is 13.4. The molecule has 4 rings (SSSR count). The van der Waals surface area contributed by atoms with Gasteiger partial charge in [-0.05, 0) is 72.3 Å². The van der Waals surface area contributed by atoms with Gasteiger partial charge >= 0.3 is 0 Å². The number of rotatable bonds is 10. The monoisotopic (exact) mass is 540 g/mol. The van der Waals surface area contributed by atoms with Crippen molar-refractivity contribution in [2.24, 2.45) is 53.3 Å². The minimum atomic E-state index is -0.741. The normalized spacial score (nSPS) is 41.9. The number of hydrogen-bond acceptors (Lipinski definition) is 3. The molecule has 3 aliphatic carbocycles. The summed E-state index contributed by atoms with van der Waals surface area (Å²) in [5.74, 6) is 5.22. The summed E-state index contributed by atoms with van der Waals surface area (Å²) in [4.78, 5) is 0. The van der Waals surface area contributed by atoms with Gasteiger partial charge in [-0.15, -0.1) is 0 Å². The van der Waals surface area contributed by atoms with E-state index in [9.17, 15) is 10.2 Å². The Labute approximate surface area is 241 Å². The Morgan fingerprint density at radius 1 is 1.10 bits per heavy atom. The highest BCUT2D eigenvalue weighted by Gasteiger charge is 2.41. The van der Waals surface area contributed by atoms with Gasteiger partial charge in [0.25, 0.3) is 0 Å². The average Bonchev–Trinajstić information content (AvgIpc) is 2.91. The number of fused-ring (bicyclic) bond motifs is 1. The fraction of sp³-hybridized carbons (Fsp3) is 0.861. The van der Waals surface area contributed by atoms with Gasteiger partial charge in [0.1, 0.15) is 0 Å². The highest BCUT2D eigenvalue weighted by Crippen LogP contribution is 2.49. The summed E-state index contributed by atoms with van der Waals surface area (Å²) in [5, 5.41) is 24.8. The maximum Gasteiger partial charge on any atom is 0.0994 e. The highest BCUT2D eigenvalue weighted by atomic mass is 16.5. The Morgan fingerprint density at radius 2 is 1.85 bits per heavy atom. The Bertz CT molecular complexity index is 805. The lowest BCUT2D eigenvalue weighted by molar-refractivity contribution is -0.450. The van der Waals surface area contributed by atoms with Gasteiger partial charge in [-0.1, -0.05) is 118 Å². The lowest BCUT2D eigenvalue weighted by Crippen LogP contribution is -2.54. The van der Waals surface area contributed by atoms with E-state index in [2.05, 4.69) is 54.2 Å². The van der Waals surface area contributed by atoms with E-state index in [1.807, 2.05) is 0 Å². The molecule has 1 aliphatic heterocycles. The molecule has 0 bridgehead atoms. The van der Waals surface area contributed by atoms with Crippen LogP contribution in [0.5, 0.6) is 0 Å². The van der Waals surface area contributed by atoms with Crippen LogP contribution in [0.25, 0.3) is 0 Å². The average molecular weight is 541 g/mol. The van der Waals surface area contributed by atoms with Crippen molar-refractivity contribution in [3.8, 4) is 0 Å². The molecule has 1 saturated heterocycles. The molecular formula is C36H60O3-2. The Hall–Kier alpha value is -0.640. The van der Waals surface area contributed by atoms with Crippen LogP contribution in [0.3, 0.4) is 0 Å². The van der Waals surface area contributed by atoms with E-state index in [4.69, 9.17) is 4.74 Å². The van der Waals surface area contributed by atoms with E-state index in [1.165, 1.54) is 64.2 Å². The second-order valence-electron chi connectivity index (χ2n) is 14.7. The van der Waals surface area contributed by atoms with Gasteiger partial charge in [0, 0.05) is 6.10 Å². The molecule has 224 valence electrons. The maximum absolute atomic E-state index is 13.4. The van der Waals surface area contributed by atoms with Crippen LogP contribution in [0.2, 0.25) is 0 Å². The first-order chi connectivity index (χ1) is 18.6. The van der Waals surface area contributed by atoms with Crippen molar-refractivity contribution >= 4 is 0 Å². The molecule has 13 atom stereocenters. The largest absolute Gasteiger partial charge is 0.850 e. The quantitative estimate of drug-likeness (QED) is 0.226. The molecular weight excluding hydrogens is 480 g/mol. The summed E-state index contributed by atoms with van der Waals surface area (Å²) >= 11 is 0. The van der Waals surface area contributed by atoms with E-state index in [1.54, 1.807) is 0 Å². The van der Waals surface area contributed by atoms with Crippen LogP contribution in [0.15, 0.2) is 24.3 Å². The SMILES string of the molecule is C=C1CC([O-])C(C2CCCC3CCC(C)[CH-]C32)OC1C(=C)CC(O)C(C)C1CCCC(CCC(C)CC)C1C. The first kappa shape index (κ1) is 31.3. The van der Waals surface area contributed by atoms with Gasteiger partial charge in [0.15, 0.2) is 0 Å². The predicted molar refractivity (Wildman–Crippen MR) is 161 cm³/mol. The predicted octanol–water partition coefficient (Wildman–Crippen LogP) is 7.92. The molecule has 0 aromatic heterocycles. The molecule has 4 aliphatic rings. The molecule has 0 radical (unpaired) electrons. The molecule has 39 heavy (non-hydrogen) atoms. The van der Waals surface area contributed by atoms with Crippen LogP contribution in [0.4, 0.5) is 0 Å². The molecule has 0 spiro atoms. The molecule has 1 N–H and O–H groups in total. The first-order valence-corrected chi connectivity index (χ1v) is 16.8. The summed E-state index contributed by atoms with van der Waals surface area (Å²) in [7, 11) is 0. The third kappa shape index (κ3) is 7.42. The summed E-state index contributed by atoms with van der Waals surface area (Å²) in [6, 6.07) is 0. The van der Waals surface area contributed by atoms with E-state index in [-0.39, 0.29) is 18.1 Å². The van der Waals surface area contributed by atoms with Crippen molar-refractivity contribution < 1.29 is 14.9 Å². The molecule has 1 heterocycles. The van der Waals surface area contributed by atoms with Crippen molar-refractivity contribution in [3.05, 3.63) is 30.7 Å². The lowest BCUT2D eigenvalue weighted by Gasteiger charge is -2.56. The lowest BCUT2D eigenvalue weighted by atomic mass is 9.61. The number of aliphatic hydroxyl groups is 1. The summed E-state index contributed by atoms with van der Waals surface area (Å²) in [6.45, 7) is 20.4. The summed E-state index contributed by atoms with van der Waals surface area (Å²) < 4.78 is 6.68. The molecule has 13 unspecified atom stereocenters. The van der Waals surface area contributed by atoms with Crippen LogP contribution >= 0.6 is 0 Å². The molecule has 0 aromatic rings. The van der Waals surface area contributed by atoms with E-state index in [0.717, 1.165) is 35.3 Å². The van der Waals surface area contributed by atoms with Gasteiger partial charge in [-0.2, -0.15) is 11.8 Å². The molecule has 0 aromatic carbocycles. The molecule has 0 amide bonds. The van der Waals surface area contributed by atoms with Crippen molar-refractivity contribution in [2.45, 2.75) is 143 Å². The van der Waals surface area contributed by atoms with Crippen LogP contribution in [0.1, 0.15) is 118 Å². The third-order valence-electron chi connectivity index (χ3n) is 12.0. The number of aliphatic hydroxyl groups excluding tert-OH is 1. The minimum Gasteiger partial charge on any atom is -0.850 e. The zero-order valence-corrected chi connectivity index (χ0v) is 26.0. The smallest absolute Gasteiger partial charge is 0.0994 e. The second-order valence-corrected chi connectivity index (χ2v) is 14.7. The van der Waals surface area contributed by atoms with Gasteiger partial charge in [-0.25, -0.2) is 0 Å². The molecule has 3 saturated carbocycles. The van der Waals surface area contributed by atoms with E-state index < -0.39 is 12.2 Å². The van der Waals surface area contributed by atoms with Crippen LogP contribution < -0.4 is 5.11 Å². The standard InChI is InChI=1S/C36H60O3/c1-8-22(2)15-17-28-11-9-13-30(26(28)6)27(7)33(37)20-24(4)35-25(5)21-34(38)36(39-35)31-14-10-12-29-18-16-23(3)19-32(29)31/h19,22-23,26-37H,4-5,8-18,20-21H2,1-3,6-7H3/q-2. The van der Waals surface area contributed by atoms with Gasteiger partial charge in [-0.3, -0.25) is 0 Å². The van der Waals surface area contributed by atoms with Crippen molar-refractivity contribution in [2.75, 3.05) is 0 Å². The Kier molecular flexibility index (Phi) is 11.2. The fourth-order valence-corrected chi connectivity index (χ4v) is 9.10.